The number of rotatable bonds is 6. The van der Waals surface area contributed by atoms with Crippen LogP contribution in [0.15, 0.2) is 42.5 Å². The Morgan fingerprint density at radius 1 is 0.881 bits per heavy atom. The quantitative estimate of drug-likeness (QED) is 0.314. The molecular formula is C41H48F2N8O8. The molecule has 4 aliphatic rings. The highest BCUT2D eigenvalue weighted by atomic mass is 19.1. The van der Waals surface area contributed by atoms with Crippen LogP contribution < -0.4 is 21.3 Å². The molecule has 4 heterocycles. The van der Waals surface area contributed by atoms with Gasteiger partial charge < -0.3 is 40.7 Å². The molecule has 0 saturated carbocycles. The Bertz CT molecular complexity index is 2010. The molecule has 7 amide bonds. The number of hydrogen-bond acceptors (Lipinski definition) is 9. The van der Waals surface area contributed by atoms with E-state index in [0.29, 0.717) is 37.4 Å². The number of cyclic esters (lactones) is 1. The first-order chi connectivity index (χ1) is 28.1. The van der Waals surface area contributed by atoms with E-state index < -0.39 is 108 Å². The average Bonchev–Trinajstić information content (AvgIpc) is 3.87. The molecule has 2 aromatic rings. The number of fused-ring (bicyclic) bond motifs is 3. The van der Waals surface area contributed by atoms with Crippen LogP contribution in [0, 0.1) is 35.8 Å². The summed E-state index contributed by atoms with van der Waals surface area (Å²) in [6, 6.07) is 2.97. The maximum atomic E-state index is 14.7. The number of halogens is 2. The summed E-state index contributed by atoms with van der Waals surface area (Å²) >= 11 is 0. The first-order valence-corrected chi connectivity index (χ1v) is 19.8. The number of carbonyl (C=O) groups is 7. The molecule has 8 atom stereocenters. The highest BCUT2D eigenvalue weighted by molar-refractivity contribution is 5.99. The topological polar surface area (TPSA) is 210 Å². The second-order valence-corrected chi connectivity index (χ2v) is 15.7. The standard InChI is InChI=1S/C41H48F2N8O8/c1-22-9-11-29(12-10-22)46-41(58)47-30(17-25-15-27(42)19-28(43)16-25)35(52)48-34-24(3)59-40(57)33-18-26(20-44)21-51(33)37(54)23(2)45-36(53)31-7-4-5-13-49(31)38(55)32-8-6-14-50(32)39(34)56/h9-12,15-16,19,23-24,26,30-34H,4-8,13-14,17-18,21H2,1-3H3,(H,45,53)(H,48,52)(H2,46,47,58)/t23-,24-,26+,30-,31-,32-,33-,34-/m0/s1. The molecule has 4 N–H and O–H groups in total. The fourth-order valence-corrected chi connectivity index (χ4v) is 8.24. The van der Waals surface area contributed by atoms with E-state index in [0.717, 1.165) is 22.6 Å². The maximum absolute atomic E-state index is 14.7. The monoisotopic (exact) mass is 818 g/mol. The van der Waals surface area contributed by atoms with Gasteiger partial charge in [-0.2, -0.15) is 5.26 Å². The van der Waals surface area contributed by atoms with Gasteiger partial charge in [-0.1, -0.05) is 17.7 Å². The van der Waals surface area contributed by atoms with E-state index in [1.54, 1.807) is 24.3 Å². The number of ether oxygens (including phenoxy) is 1. The zero-order valence-corrected chi connectivity index (χ0v) is 33.0. The van der Waals surface area contributed by atoms with Crippen LogP contribution in [0.5, 0.6) is 0 Å². The number of aryl methyl sites for hydroxylation is 1. The van der Waals surface area contributed by atoms with Gasteiger partial charge in [0.2, 0.25) is 29.5 Å². The lowest BCUT2D eigenvalue weighted by Crippen LogP contribution is -2.63. The summed E-state index contributed by atoms with van der Waals surface area (Å²) in [5, 5.41) is 20.2. The highest BCUT2D eigenvalue weighted by Crippen LogP contribution is 2.29. The second kappa shape index (κ2) is 18.2. The predicted octanol–water partition coefficient (Wildman–Crippen LogP) is 2.05. The number of nitrogens with one attached hydrogen (secondary N) is 4. The van der Waals surface area contributed by atoms with Gasteiger partial charge in [0.05, 0.1) is 12.0 Å². The number of nitrogens with zero attached hydrogens (tertiary/aromatic N) is 4. The third kappa shape index (κ3) is 9.78. The van der Waals surface area contributed by atoms with Gasteiger partial charge in [-0.15, -0.1) is 0 Å². The fourth-order valence-electron chi connectivity index (χ4n) is 8.24. The molecule has 0 aliphatic carbocycles. The number of urea groups is 1. The molecular weight excluding hydrogens is 770 g/mol. The summed E-state index contributed by atoms with van der Waals surface area (Å²) in [5.41, 5.74) is 1.30. The van der Waals surface area contributed by atoms with Crippen molar-refractivity contribution in [3.05, 3.63) is 65.2 Å². The Balaban J connectivity index is 1.35. The summed E-state index contributed by atoms with van der Waals surface area (Å²) in [6.45, 7) is 4.83. The van der Waals surface area contributed by atoms with Crippen LogP contribution in [0.3, 0.4) is 0 Å². The average molecular weight is 819 g/mol. The minimum atomic E-state index is -1.68. The minimum absolute atomic E-state index is 0.000303. The number of benzene rings is 2. The Kier molecular flexibility index (Phi) is 13.1. The van der Waals surface area contributed by atoms with Crippen molar-refractivity contribution < 1.29 is 47.1 Å². The summed E-state index contributed by atoms with van der Waals surface area (Å²) < 4.78 is 34.5. The Labute approximate surface area is 339 Å². The van der Waals surface area contributed by atoms with Crippen molar-refractivity contribution in [1.82, 2.24) is 30.7 Å². The molecule has 0 radical (unpaired) electrons. The van der Waals surface area contributed by atoms with Gasteiger partial charge in [0.15, 0.2) is 0 Å². The van der Waals surface area contributed by atoms with Crippen LogP contribution in [-0.2, 0) is 39.9 Å². The van der Waals surface area contributed by atoms with Crippen LogP contribution in [0.4, 0.5) is 19.3 Å². The van der Waals surface area contributed by atoms with Crippen molar-refractivity contribution in [2.24, 2.45) is 5.92 Å². The molecule has 0 unspecified atom stereocenters. The zero-order chi connectivity index (χ0) is 42.5. The van der Waals surface area contributed by atoms with Crippen molar-refractivity contribution in [3.63, 3.8) is 0 Å². The lowest BCUT2D eigenvalue weighted by molar-refractivity contribution is -0.163. The van der Waals surface area contributed by atoms with Crippen molar-refractivity contribution in [2.75, 3.05) is 25.0 Å². The minimum Gasteiger partial charge on any atom is -0.458 e. The SMILES string of the molecule is Cc1ccc(NC(=O)N[C@@H](Cc2cc(F)cc(F)c2)C(=O)N[C@@H]2C(=O)N3CCC[C@H]3C(=O)N3CCCC[C@H]3C(=O)N[C@@H](C)C(=O)N3C[C@@H](C#N)C[C@H]3C(=O)O[C@H]2C)cc1. The molecule has 18 heteroatoms. The number of hydrogen-bond donors (Lipinski definition) is 4. The van der Waals surface area contributed by atoms with E-state index in [4.69, 9.17) is 4.74 Å². The molecule has 2 aromatic carbocycles. The van der Waals surface area contributed by atoms with Crippen molar-refractivity contribution in [1.29, 1.82) is 5.26 Å². The first-order valence-electron chi connectivity index (χ1n) is 19.8. The molecule has 0 aromatic heterocycles. The van der Waals surface area contributed by atoms with Gasteiger partial charge in [0.1, 0.15) is 54.0 Å². The number of amides is 7. The summed E-state index contributed by atoms with van der Waals surface area (Å²) in [7, 11) is 0. The molecule has 314 valence electrons. The van der Waals surface area contributed by atoms with Crippen LogP contribution in [-0.4, -0.2) is 118 Å². The molecule has 0 bridgehead atoms. The van der Waals surface area contributed by atoms with E-state index in [2.05, 4.69) is 27.3 Å². The summed E-state index contributed by atoms with van der Waals surface area (Å²) in [6.07, 6.45) is 0.197. The smallest absolute Gasteiger partial charge is 0.329 e. The van der Waals surface area contributed by atoms with Crippen LogP contribution in [0.2, 0.25) is 0 Å². The van der Waals surface area contributed by atoms with E-state index in [1.807, 2.05) is 6.92 Å². The largest absolute Gasteiger partial charge is 0.458 e. The molecule has 0 spiro atoms. The van der Waals surface area contributed by atoms with Crippen molar-refractivity contribution >= 4 is 47.2 Å². The van der Waals surface area contributed by atoms with Gasteiger partial charge in [0, 0.05) is 37.8 Å². The van der Waals surface area contributed by atoms with Gasteiger partial charge in [-0.25, -0.2) is 18.4 Å². The van der Waals surface area contributed by atoms with Gasteiger partial charge in [0.25, 0.3) is 0 Å². The normalized spacial score (nSPS) is 27.1. The Morgan fingerprint density at radius 3 is 2.24 bits per heavy atom. The summed E-state index contributed by atoms with van der Waals surface area (Å²) in [4.78, 5) is 102. The van der Waals surface area contributed by atoms with Crippen molar-refractivity contribution in [2.45, 2.75) is 108 Å². The third-order valence-electron chi connectivity index (χ3n) is 11.3. The second-order valence-electron chi connectivity index (χ2n) is 15.7. The zero-order valence-electron chi connectivity index (χ0n) is 33.0. The van der Waals surface area contributed by atoms with Crippen LogP contribution >= 0.6 is 0 Å². The molecule has 4 saturated heterocycles. The van der Waals surface area contributed by atoms with Crippen molar-refractivity contribution in [3.8, 4) is 6.07 Å². The molecule has 4 aliphatic heterocycles. The third-order valence-corrected chi connectivity index (χ3v) is 11.3. The highest BCUT2D eigenvalue weighted by Gasteiger charge is 2.48. The maximum Gasteiger partial charge on any atom is 0.329 e. The molecule has 4 fully saturated rings. The summed E-state index contributed by atoms with van der Waals surface area (Å²) in [5.74, 6) is -7.09. The number of anilines is 1. The lowest BCUT2D eigenvalue weighted by Gasteiger charge is -2.39. The first kappa shape index (κ1) is 42.5. The van der Waals surface area contributed by atoms with Crippen LogP contribution in [0.1, 0.15) is 63.5 Å². The van der Waals surface area contributed by atoms with E-state index >= 15 is 0 Å². The molecule has 59 heavy (non-hydrogen) atoms. The Hall–Kier alpha value is -6.12. The van der Waals surface area contributed by atoms with E-state index in [1.165, 1.54) is 23.6 Å². The van der Waals surface area contributed by atoms with Gasteiger partial charge in [-0.3, -0.25) is 24.0 Å². The number of piperidine rings is 1. The number of nitriles is 1. The lowest BCUT2D eigenvalue weighted by atomic mass is 9.99. The molecule has 6 rings (SSSR count). The van der Waals surface area contributed by atoms with E-state index in [-0.39, 0.29) is 38.0 Å². The van der Waals surface area contributed by atoms with Gasteiger partial charge >= 0.3 is 12.0 Å². The molecule has 16 nitrogen and oxygen atoms in total. The van der Waals surface area contributed by atoms with E-state index in [9.17, 15) is 47.6 Å². The number of carbonyl (C=O) groups excluding carboxylic acids is 7. The predicted molar refractivity (Wildman–Crippen MR) is 206 cm³/mol. The number of esters is 1. The fraction of sp³-hybridized carbons (Fsp3) is 0.512. The van der Waals surface area contributed by atoms with Gasteiger partial charge in [-0.05, 0) is 89.1 Å². The van der Waals surface area contributed by atoms with Crippen LogP contribution in [0.25, 0.3) is 0 Å². The Morgan fingerprint density at radius 2 is 1.54 bits per heavy atom.